The fraction of sp³-hybridized carbons (Fsp3) is 0.647. The number of likely N-dealkylation sites (tertiary alicyclic amines) is 1. The smallest absolute Gasteiger partial charge is 0.259 e. The van der Waals surface area contributed by atoms with Crippen LogP contribution in [0.15, 0.2) is 17.1 Å². The van der Waals surface area contributed by atoms with E-state index in [0.29, 0.717) is 6.54 Å². The maximum atomic E-state index is 12.9. The van der Waals surface area contributed by atoms with Crippen LogP contribution in [-0.4, -0.2) is 54.3 Å². The van der Waals surface area contributed by atoms with E-state index < -0.39 is 0 Å². The summed E-state index contributed by atoms with van der Waals surface area (Å²) in [5, 5.41) is 0. The third kappa shape index (κ3) is 2.70. The molecule has 1 aliphatic heterocycles. The molecule has 2 heterocycles. The number of aromatic nitrogens is 1. The summed E-state index contributed by atoms with van der Waals surface area (Å²) in [5.41, 5.74) is 0.404. The summed E-state index contributed by atoms with van der Waals surface area (Å²) in [6.45, 7) is 2.41. The van der Waals surface area contributed by atoms with Gasteiger partial charge in [0.05, 0.1) is 17.7 Å². The molecule has 6 heteroatoms. The molecular weight excluding hydrogens is 296 g/mol. The summed E-state index contributed by atoms with van der Waals surface area (Å²) >= 11 is 0. The maximum absolute atomic E-state index is 12.9. The number of carbonyl (C=O) groups excluding carboxylic acids is 1. The number of ether oxygens (including phenoxy) is 2. The van der Waals surface area contributed by atoms with Crippen LogP contribution in [0.1, 0.15) is 41.7 Å². The number of methoxy groups -OCH3 is 2. The van der Waals surface area contributed by atoms with Gasteiger partial charge in [0.25, 0.3) is 5.91 Å². The summed E-state index contributed by atoms with van der Waals surface area (Å²) in [5.74, 6) is -0.216. The Morgan fingerprint density at radius 3 is 2.83 bits per heavy atom. The number of rotatable bonds is 3. The molecule has 2 aliphatic rings. The van der Waals surface area contributed by atoms with Gasteiger partial charge < -0.3 is 19.4 Å². The lowest BCUT2D eigenvalue weighted by Gasteiger charge is -2.43. The number of amides is 1. The molecule has 0 aromatic carbocycles. The van der Waals surface area contributed by atoms with Gasteiger partial charge in [-0.15, -0.1) is 0 Å². The summed E-state index contributed by atoms with van der Waals surface area (Å²) in [7, 11) is 3.42. The van der Waals surface area contributed by atoms with Crippen LogP contribution < -0.4 is 5.43 Å². The lowest BCUT2D eigenvalue weighted by molar-refractivity contribution is -0.0893. The van der Waals surface area contributed by atoms with E-state index in [1.54, 1.807) is 26.0 Å². The highest BCUT2D eigenvalue weighted by molar-refractivity contribution is 5.94. The molecule has 6 nitrogen and oxygen atoms in total. The third-order valence-electron chi connectivity index (χ3n) is 5.42. The Morgan fingerprint density at radius 2 is 2.17 bits per heavy atom. The lowest BCUT2D eigenvalue weighted by Crippen LogP contribution is -2.53. The van der Waals surface area contributed by atoms with Crippen molar-refractivity contribution >= 4 is 5.91 Å². The van der Waals surface area contributed by atoms with Crippen LogP contribution in [0.5, 0.6) is 0 Å². The Hall–Kier alpha value is -1.66. The Bertz CT molecular complexity index is 656. The fourth-order valence-corrected chi connectivity index (χ4v) is 4.01. The third-order valence-corrected chi connectivity index (χ3v) is 5.42. The minimum Gasteiger partial charge on any atom is -0.381 e. The molecule has 1 saturated carbocycles. The van der Waals surface area contributed by atoms with Gasteiger partial charge in [0.15, 0.2) is 5.43 Å². The zero-order valence-electron chi connectivity index (χ0n) is 13.9. The van der Waals surface area contributed by atoms with Gasteiger partial charge in [-0.05, 0) is 32.6 Å². The largest absolute Gasteiger partial charge is 0.381 e. The average Bonchev–Trinajstić information content (AvgIpc) is 2.93. The van der Waals surface area contributed by atoms with Crippen molar-refractivity contribution in [3.8, 4) is 0 Å². The molecule has 0 spiro atoms. The SMILES string of the molecule is CO[C@H]1CC[C@@]2(OC)CCN(C(=O)c3c[nH]c(C)cc3=O)[C@H]2C1. The van der Waals surface area contributed by atoms with Gasteiger partial charge in [-0.2, -0.15) is 0 Å². The van der Waals surface area contributed by atoms with E-state index in [0.717, 1.165) is 31.4 Å². The zero-order chi connectivity index (χ0) is 16.6. The lowest BCUT2D eigenvalue weighted by atomic mass is 9.79. The van der Waals surface area contributed by atoms with Crippen LogP contribution in [0.4, 0.5) is 0 Å². The van der Waals surface area contributed by atoms with E-state index in [9.17, 15) is 9.59 Å². The number of aryl methyl sites for hydroxylation is 1. The predicted octanol–water partition coefficient (Wildman–Crippen LogP) is 1.48. The van der Waals surface area contributed by atoms with Gasteiger partial charge in [0.2, 0.25) is 0 Å². The minimum atomic E-state index is -0.303. The van der Waals surface area contributed by atoms with Crippen LogP contribution in [-0.2, 0) is 9.47 Å². The number of nitrogens with one attached hydrogen (secondary N) is 1. The molecule has 1 N–H and O–H groups in total. The first kappa shape index (κ1) is 16.2. The fourth-order valence-electron chi connectivity index (χ4n) is 4.01. The second-order valence-electron chi connectivity index (χ2n) is 6.56. The van der Waals surface area contributed by atoms with E-state index in [2.05, 4.69) is 4.98 Å². The molecule has 0 unspecified atom stereocenters. The molecule has 1 aromatic heterocycles. The number of fused-ring (bicyclic) bond motifs is 1. The molecule has 23 heavy (non-hydrogen) atoms. The quantitative estimate of drug-likeness (QED) is 0.916. The average molecular weight is 320 g/mol. The Morgan fingerprint density at radius 1 is 1.39 bits per heavy atom. The van der Waals surface area contributed by atoms with Crippen molar-refractivity contribution in [1.29, 1.82) is 0 Å². The molecule has 1 aromatic rings. The summed E-state index contributed by atoms with van der Waals surface area (Å²) in [6, 6.07) is 1.42. The standard InChI is InChI=1S/C17H24N2O4/c1-11-8-14(20)13(10-18-11)16(21)19-7-6-17(23-3)5-4-12(22-2)9-15(17)19/h8,10,12,15H,4-7,9H2,1-3H3,(H,18,20)/t12-,15-,17+/m0/s1. The minimum absolute atomic E-state index is 0.0422. The second kappa shape index (κ2) is 6.09. The van der Waals surface area contributed by atoms with Gasteiger partial charge in [-0.3, -0.25) is 9.59 Å². The second-order valence-corrected chi connectivity index (χ2v) is 6.56. The molecule has 0 bridgehead atoms. The van der Waals surface area contributed by atoms with Crippen molar-refractivity contribution < 1.29 is 14.3 Å². The van der Waals surface area contributed by atoms with Gasteiger partial charge in [0.1, 0.15) is 5.56 Å². The molecular formula is C17H24N2O4. The van der Waals surface area contributed by atoms with Crippen molar-refractivity contribution in [1.82, 2.24) is 9.88 Å². The maximum Gasteiger partial charge on any atom is 0.259 e. The Labute approximate surface area is 135 Å². The van der Waals surface area contributed by atoms with Crippen LogP contribution in [0.25, 0.3) is 0 Å². The predicted molar refractivity (Wildman–Crippen MR) is 85.6 cm³/mol. The van der Waals surface area contributed by atoms with Crippen molar-refractivity contribution in [3.05, 3.63) is 33.7 Å². The van der Waals surface area contributed by atoms with E-state index in [1.807, 2.05) is 0 Å². The number of nitrogens with zero attached hydrogens (tertiary/aromatic N) is 1. The molecule has 1 aliphatic carbocycles. The van der Waals surface area contributed by atoms with Crippen LogP contribution >= 0.6 is 0 Å². The monoisotopic (exact) mass is 320 g/mol. The van der Waals surface area contributed by atoms with E-state index in [4.69, 9.17) is 9.47 Å². The van der Waals surface area contributed by atoms with Gasteiger partial charge in [-0.25, -0.2) is 0 Å². The van der Waals surface area contributed by atoms with E-state index in [-0.39, 0.29) is 34.6 Å². The summed E-state index contributed by atoms with van der Waals surface area (Å²) in [4.78, 5) is 29.8. The molecule has 126 valence electrons. The number of hydrogen-bond acceptors (Lipinski definition) is 4. The van der Waals surface area contributed by atoms with Gasteiger partial charge in [-0.1, -0.05) is 0 Å². The highest BCUT2D eigenvalue weighted by Crippen LogP contribution is 2.43. The van der Waals surface area contributed by atoms with Gasteiger partial charge in [0, 0.05) is 38.7 Å². The number of carbonyl (C=O) groups is 1. The molecule has 3 rings (SSSR count). The first-order chi connectivity index (χ1) is 11.0. The molecule has 3 atom stereocenters. The van der Waals surface area contributed by atoms with E-state index >= 15 is 0 Å². The number of pyridine rings is 1. The van der Waals surface area contributed by atoms with Gasteiger partial charge >= 0.3 is 0 Å². The number of hydrogen-bond donors (Lipinski definition) is 1. The van der Waals surface area contributed by atoms with Crippen LogP contribution in [0, 0.1) is 6.92 Å². The van der Waals surface area contributed by atoms with Crippen LogP contribution in [0.3, 0.4) is 0 Å². The van der Waals surface area contributed by atoms with Crippen LogP contribution in [0.2, 0.25) is 0 Å². The molecule has 1 amide bonds. The molecule has 2 fully saturated rings. The number of H-pyrrole nitrogens is 1. The topological polar surface area (TPSA) is 71.6 Å². The molecule has 0 radical (unpaired) electrons. The number of aromatic amines is 1. The normalized spacial score (nSPS) is 30.3. The first-order valence-electron chi connectivity index (χ1n) is 8.09. The summed E-state index contributed by atoms with van der Waals surface area (Å²) in [6.07, 6.45) is 5.02. The van der Waals surface area contributed by atoms with Crippen molar-refractivity contribution in [2.75, 3.05) is 20.8 Å². The Kier molecular flexibility index (Phi) is 4.29. The Balaban J connectivity index is 1.90. The van der Waals surface area contributed by atoms with Crippen molar-refractivity contribution in [3.63, 3.8) is 0 Å². The van der Waals surface area contributed by atoms with E-state index in [1.165, 1.54) is 12.3 Å². The first-order valence-corrected chi connectivity index (χ1v) is 8.09. The van der Waals surface area contributed by atoms with Crippen molar-refractivity contribution in [2.24, 2.45) is 0 Å². The summed E-state index contributed by atoms with van der Waals surface area (Å²) < 4.78 is 11.3. The molecule has 1 saturated heterocycles. The highest BCUT2D eigenvalue weighted by atomic mass is 16.5. The van der Waals surface area contributed by atoms with Crippen molar-refractivity contribution in [2.45, 2.75) is 50.4 Å². The highest BCUT2D eigenvalue weighted by Gasteiger charge is 2.52. The zero-order valence-corrected chi connectivity index (χ0v) is 13.9.